The molecule has 9 nitrogen and oxygen atoms in total. The monoisotopic (exact) mass is 490 g/mol. The predicted octanol–water partition coefficient (Wildman–Crippen LogP) is 2.50. The first-order valence-corrected chi connectivity index (χ1v) is 12.3. The normalized spacial score (nSPS) is 19.2. The summed E-state index contributed by atoms with van der Waals surface area (Å²) in [7, 11) is 1.58. The molecule has 1 aromatic heterocycles. The Hall–Kier alpha value is -3.72. The number of likely N-dealkylation sites (tertiary alicyclic amines) is 1. The van der Waals surface area contributed by atoms with Crippen molar-refractivity contribution in [3.05, 3.63) is 64.6 Å². The summed E-state index contributed by atoms with van der Waals surface area (Å²) >= 11 is 0. The average molecular weight is 491 g/mol. The number of nitrogens with zero attached hydrogens (tertiary/aromatic N) is 4. The molecule has 0 bridgehead atoms. The van der Waals surface area contributed by atoms with Crippen LogP contribution in [0.25, 0.3) is 10.8 Å². The molecule has 2 amide bonds. The number of aromatic nitrogens is 2. The molecule has 2 aliphatic heterocycles. The highest BCUT2D eigenvalue weighted by Crippen LogP contribution is 2.27. The quantitative estimate of drug-likeness (QED) is 0.530. The van der Waals surface area contributed by atoms with Gasteiger partial charge in [0.1, 0.15) is 11.8 Å². The van der Waals surface area contributed by atoms with E-state index in [0.717, 1.165) is 37.2 Å². The number of carbonyl (C=O) groups excluding carboxylic acids is 2. The molecule has 1 atom stereocenters. The molecule has 2 aliphatic rings. The van der Waals surface area contributed by atoms with E-state index in [1.807, 2.05) is 30.3 Å². The zero-order valence-electron chi connectivity index (χ0n) is 20.3. The molecule has 0 saturated carbocycles. The van der Waals surface area contributed by atoms with E-state index in [-0.39, 0.29) is 37.5 Å². The molecule has 3 aromatic rings. The summed E-state index contributed by atoms with van der Waals surface area (Å²) in [6.45, 7) is 1.98. The Labute approximate surface area is 208 Å². The van der Waals surface area contributed by atoms with Gasteiger partial charge in [0.2, 0.25) is 5.91 Å². The minimum absolute atomic E-state index is 0.133. The Bertz CT molecular complexity index is 1330. The second-order valence-corrected chi connectivity index (χ2v) is 9.50. The second-order valence-electron chi connectivity index (χ2n) is 9.50. The molecule has 0 radical (unpaired) electrons. The van der Waals surface area contributed by atoms with Gasteiger partial charge in [-0.25, -0.2) is 4.68 Å². The van der Waals surface area contributed by atoms with E-state index >= 15 is 0 Å². The highest BCUT2D eigenvalue weighted by atomic mass is 16.5. The van der Waals surface area contributed by atoms with Crippen molar-refractivity contribution >= 4 is 28.3 Å². The topological polar surface area (TPSA) is 105 Å². The average Bonchev–Trinajstić information content (AvgIpc) is 2.92. The van der Waals surface area contributed by atoms with Crippen LogP contribution in [0, 0.1) is 5.92 Å². The van der Waals surface area contributed by atoms with Crippen molar-refractivity contribution in [1.82, 2.24) is 14.7 Å². The molecular formula is C27H30N4O5. The number of imide groups is 1. The molecule has 1 unspecified atom stereocenters. The van der Waals surface area contributed by atoms with Gasteiger partial charge in [0.15, 0.2) is 0 Å². The second kappa shape index (κ2) is 10.1. The van der Waals surface area contributed by atoms with Gasteiger partial charge in [-0.2, -0.15) is 5.10 Å². The Morgan fingerprint density at radius 3 is 2.47 bits per heavy atom. The van der Waals surface area contributed by atoms with E-state index in [0.29, 0.717) is 22.4 Å². The lowest BCUT2D eigenvalue weighted by atomic mass is 9.97. The van der Waals surface area contributed by atoms with Crippen LogP contribution in [0.5, 0.6) is 5.75 Å². The SMILES string of the molecule is COc1ccc(CN2C(=O)CCC(n3ncc4ccc(N5CCC(CO)CC5)cc4c3=O)C2=O)cc1. The molecule has 2 fully saturated rings. The number of aliphatic hydroxyl groups excluding tert-OH is 1. The predicted molar refractivity (Wildman–Crippen MR) is 135 cm³/mol. The van der Waals surface area contributed by atoms with Crippen molar-refractivity contribution in [2.24, 2.45) is 5.92 Å². The molecule has 36 heavy (non-hydrogen) atoms. The summed E-state index contributed by atoms with van der Waals surface area (Å²) in [4.78, 5) is 42.9. The van der Waals surface area contributed by atoms with Gasteiger partial charge in [-0.1, -0.05) is 18.2 Å². The van der Waals surface area contributed by atoms with Crippen LogP contribution in [0.15, 0.2) is 53.5 Å². The van der Waals surface area contributed by atoms with E-state index < -0.39 is 11.9 Å². The minimum atomic E-state index is -0.832. The number of rotatable bonds is 6. The third-order valence-electron chi connectivity index (χ3n) is 7.31. The Kier molecular flexibility index (Phi) is 6.73. The lowest BCUT2D eigenvalue weighted by molar-refractivity contribution is -0.152. The van der Waals surface area contributed by atoms with Gasteiger partial charge in [0, 0.05) is 37.2 Å². The van der Waals surface area contributed by atoms with Gasteiger partial charge in [0.05, 0.1) is 25.2 Å². The summed E-state index contributed by atoms with van der Waals surface area (Å²) < 4.78 is 6.41. The number of fused-ring (bicyclic) bond motifs is 1. The number of hydrogen-bond donors (Lipinski definition) is 1. The number of piperidine rings is 2. The van der Waals surface area contributed by atoms with Crippen molar-refractivity contribution in [2.45, 2.75) is 38.3 Å². The fraction of sp³-hybridized carbons (Fsp3) is 0.407. The van der Waals surface area contributed by atoms with Gasteiger partial charge >= 0.3 is 0 Å². The van der Waals surface area contributed by atoms with Crippen LogP contribution in [-0.2, 0) is 16.1 Å². The zero-order valence-corrected chi connectivity index (χ0v) is 20.3. The van der Waals surface area contributed by atoms with Crippen molar-refractivity contribution in [3.8, 4) is 5.75 Å². The first kappa shape index (κ1) is 24.0. The van der Waals surface area contributed by atoms with Crippen molar-refractivity contribution < 1.29 is 19.4 Å². The van der Waals surface area contributed by atoms with E-state index in [1.165, 1.54) is 9.58 Å². The van der Waals surface area contributed by atoms with Crippen molar-refractivity contribution in [1.29, 1.82) is 0 Å². The molecule has 3 heterocycles. The maximum absolute atomic E-state index is 13.5. The summed E-state index contributed by atoms with van der Waals surface area (Å²) in [6.07, 6.45) is 3.83. The fourth-order valence-electron chi connectivity index (χ4n) is 5.06. The first-order chi connectivity index (χ1) is 17.5. The zero-order chi connectivity index (χ0) is 25.2. The number of hydrogen-bond acceptors (Lipinski definition) is 7. The van der Waals surface area contributed by atoms with E-state index in [2.05, 4.69) is 10.00 Å². The van der Waals surface area contributed by atoms with Gasteiger partial charge in [-0.05, 0) is 55.0 Å². The molecule has 5 rings (SSSR count). The van der Waals surface area contributed by atoms with Gasteiger partial charge in [0.25, 0.3) is 11.5 Å². The lowest BCUT2D eigenvalue weighted by Crippen LogP contribution is -2.47. The lowest BCUT2D eigenvalue weighted by Gasteiger charge is -2.33. The Morgan fingerprint density at radius 1 is 1.03 bits per heavy atom. The molecule has 2 saturated heterocycles. The molecule has 9 heteroatoms. The highest BCUT2D eigenvalue weighted by Gasteiger charge is 2.36. The van der Waals surface area contributed by atoms with Gasteiger partial charge in [-0.3, -0.25) is 19.3 Å². The number of methoxy groups -OCH3 is 1. The Morgan fingerprint density at radius 2 is 1.78 bits per heavy atom. The molecule has 2 aromatic carbocycles. The standard InChI is InChI=1S/C27H30N4O5/c1-36-22-6-2-18(3-7-22)16-30-25(33)9-8-24(27(30)35)31-26(34)23-14-21(5-4-20(23)15-28-31)29-12-10-19(17-32)11-13-29/h2-7,14-15,19,24,32H,8-13,16-17H2,1H3. The first-order valence-electron chi connectivity index (χ1n) is 12.3. The van der Waals surface area contributed by atoms with Crippen molar-refractivity contribution in [2.75, 3.05) is 31.7 Å². The maximum atomic E-state index is 13.5. The number of benzene rings is 2. The number of aliphatic hydroxyl groups is 1. The molecule has 188 valence electrons. The van der Waals surface area contributed by atoms with Crippen LogP contribution in [0.4, 0.5) is 5.69 Å². The van der Waals surface area contributed by atoms with E-state index in [4.69, 9.17) is 4.74 Å². The summed E-state index contributed by atoms with van der Waals surface area (Å²) in [5.74, 6) is 0.341. The van der Waals surface area contributed by atoms with Crippen LogP contribution in [0.1, 0.15) is 37.3 Å². The fourth-order valence-corrected chi connectivity index (χ4v) is 5.06. The number of amides is 2. The largest absolute Gasteiger partial charge is 0.497 e. The van der Waals surface area contributed by atoms with Crippen LogP contribution in [0.2, 0.25) is 0 Å². The summed E-state index contributed by atoms with van der Waals surface area (Å²) in [5.41, 5.74) is 1.41. The third kappa shape index (κ3) is 4.58. The smallest absolute Gasteiger partial charge is 0.275 e. The summed E-state index contributed by atoms with van der Waals surface area (Å²) in [5, 5.41) is 14.9. The molecular weight excluding hydrogens is 460 g/mol. The number of carbonyl (C=O) groups is 2. The third-order valence-corrected chi connectivity index (χ3v) is 7.31. The highest BCUT2D eigenvalue weighted by molar-refractivity contribution is 5.99. The molecule has 0 aliphatic carbocycles. The van der Waals surface area contributed by atoms with Crippen molar-refractivity contribution in [3.63, 3.8) is 0 Å². The van der Waals surface area contributed by atoms with E-state index in [9.17, 15) is 19.5 Å². The van der Waals surface area contributed by atoms with Gasteiger partial charge in [-0.15, -0.1) is 0 Å². The van der Waals surface area contributed by atoms with Crippen LogP contribution in [-0.4, -0.2) is 58.4 Å². The number of ether oxygens (including phenoxy) is 1. The molecule has 1 N–H and O–H groups in total. The molecule has 0 spiro atoms. The van der Waals surface area contributed by atoms with Crippen LogP contribution < -0.4 is 15.2 Å². The van der Waals surface area contributed by atoms with E-state index in [1.54, 1.807) is 25.4 Å². The maximum Gasteiger partial charge on any atom is 0.275 e. The van der Waals surface area contributed by atoms with Gasteiger partial charge < -0.3 is 14.7 Å². The Balaban J connectivity index is 1.41. The van der Waals surface area contributed by atoms with Crippen LogP contribution in [0.3, 0.4) is 0 Å². The summed E-state index contributed by atoms with van der Waals surface area (Å²) in [6, 6.07) is 12.1. The number of anilines is 1. The van der Waals surface area contributed by atoms with Crippen LogP contribution >= 0.6 is 0 Å². The minimum Gasteiger partial charge on any atom is -0.497 e.